The van der Waals surface area contributed by atoms with Crippen LogP contribution in [0.5, 0.6) is 0 Å². The molecular weight excluding hydrogens is 342 g/mol. The van der Waals surface area contributed by atoms with Crippen molar-refractivity contribution in [3.05, 3.63) is 107 Å². The predicted octanol–water partition coefficient (Wildman–Crippen LogP) is 5.75. The Morgan fingerprint density at radius 1 is 0.808 bits per heavy atom. The third-order valence-corrected chi connectivity index (χ3v) is 4.27. The molecule has 0 aliphatic carbocycles. The summed E-state index contributed by atoms with van der Waals surface area (Å²) in [5.41, 5.74) is 7.70. The van der Waals surface area contributed by atoms with E-state index < -0.39 is 0 Å². The molecule has 0 bridgehead atoms. The first kappa shape index (κ1) is 16.3. The molecule has 1 N–H and O–H groups in total. The Kier molecular flexibility index (Phi) is 4.63. The zero-order valence-electron chi connectivity index (χ0n) is 13.9. The number of anilines is 1. The summed E-state index contributed by atoms with van der Waals surface area (Å²) in [6.07, 6.45) is 1.76. The van der Waals surface area contributed by atoms with Crippen molar-refractivity contribution in [1.82, 2.24) is 4.98 Å². The standard InChI is InChI=1S/C22H16ClN3/c23-19-14-18-12-7-13-24-22(18)20(15-19)25-26-21(16-8-3-1-4-9-16)17-10-5-2-6-11-17/h1-15,25H. The minimum absolute atomic E-state index is 0.643. The lowest BCUT2D eigenvalue weighted by atomic mass is 10.0. The van der Waals surface area contributed by atoms with Crippen LogP contribution in [-0.4, -0.2) is 10.7 Å². The van der Waals surface area contributed by atoms with Gasteiger partial charge in [0.05, 0.1) is 16.9 Å². The summed E-state index contributed by atoms with van der Waals surface area (Å²) in [7, 11) is 0. The van der Waals surface area contributed by atoms with Gasteiger partial charge in [-0.05, 0) is 18.2 Å². The van der Waals surface area contributed by atoms with Crippen LogP contribution in [-0.2, 0) is 0 Å². The van der Waals surface area contributed by atoms with Gasteiger partial charge in [0.1, 0.15) is 0 Å². The average molecular weight is 358 g/mol. The second kappa shape index (κ2) is 7.38. The highest BCUT2D eigenvalue weighted by Gasteiger charge is 2.08. The number of benzene rings is 3. The van der Waals surface area contributed by atoms with Crippen LogP contribution in [0.2, 0.25) is 5.02 Å². The van der Waals surface area contributed by atoms with Crippen LogP contribution in [0.25, 0.3) is 10.9 Å². The summed E-state index contributed by atoms with van der Waals surface area (Å²) >= 11 is 6.26. The molecule has 3 aromatic carbocycles. The number of rotatable bonds is 4. The Balaban J connectivity index is 1.80. The molecule has 0 radical (unpaired) electrons. The van der Waals surface area contributed by atoms with Crippen LogP contribution in [0.1, 0.15) is 11.1 Å². The van der Waals surface area contributed by atoms with Crippen molar-refractivity contribution >= 4 is 33.9 Å². The molecule has 0 unspecified atom stereocenters. The topological polar surface area (TPSA) is 37.3 Å². The monoisotopic (exact) mass is 357 g/mol. The fourth-order valence-corrected chi connectivity index (χ4v) is 3.07. The van der Waals surface area contributed by atoms with E-state index in [0.717, 1.165) is 33.4 Å². The van der Waals surface area contributed by atoms with Gasteiger partial charge >= 0.3 is 0 Å². The fourth-order valence-electron chi connectivity index (χ4n) is 2.84. The van der Waals surface area contributed by atoms with Crippen molar-refractivity contribution in [2.24, 2.45) is 5.10 Å². The van der Waals surface area contributed by atoms with Crippen LogP contribution in [0.3, 0.4) is 0 Å². The number of halogens is 1. The van der Waals surface area contributed by atoms with Crippen molar-refractivity contribution in [2.45, 2.75) is 0 Å². The van der Waals surface area contributed by atoms with E-state index in [1.54, 1.807) is 6.20 Å². The Morgan fingerprint density at radius 2 is 1.46 bits per heavy atom. The average Bonchev–Trinajstić information content (AvgIpc) is 2.69. The predicted molar refractivity (Wildman–Crippen MR) is 109 cm³/mol. The number of hydrogen-bond acceptors (Lipinski definition) is 3. The quantitative estimate of drug-likeness (QED) is 0.373. The summed E-state index contributed by atoms with van der Waals surface area (Å²) < 4.78 is 0. The van der Waals surface area contributed by atoms with Gasteiger partial charge in [-0.1, -0.05) is 78.3 Å². The van der Waals surface area contributed by atoms with Gasteiger partial charge in [-0.3, -0.25) is 10.4 Å². The lowest BCUT2D eigenvalue weighted by molar-refractivity contribution is 1.31. The Hall–Kier alpha value is -3.17. The molecule has 1 aromatic heterocycles. The maximum Gasteiger partial charge on any atom is 0.0977 e. The first-order valence-corrected chi connectivity index (χ1v) is 8.68. The zero-order valence-corrected chi connectivity index (χ0v) is 14.7. The molecule has 0 saturated heterocycles. The van der Waals surface area contributed by atoms with Crippen LogP contribution in [0, 0.1) is 0 Å². The van der Waals surface area contributed by atoms with Gasteiger partial charge < -0.3 is 0 Å². The van der Waals surface area contributed by atoms with Gasteiger partial charge in [-0.15, -0.1) is 0 Å². The smallest absolute Gasteiger partial charge is 0.0977 e. The Morgan fingerprint density at radius 3 is 2.12 bits per heavy atom. The molecule has 0 fully saturated rings. The van der Waals surface area contributed by atoms with Gasteiger partial charge in [0.15, 0.2) is 0 Å². The molecule has 0 saturated carbocycles. The highest BCUT2D eigenvalue weighted by molar-refractivity contribution is 6.31. The van der Waals surface area contributed by atoms with E-state index in [-0.39, 0.29) is 0 Å². The van der Waals surface area contributed by atoms with E-state index in [1.807, 2.05) is 84.9 Å². The molecule has 126 valence electrons. The van der Waals surface area contributed by atoms with E-state index in [2.05, 4.69) is 10.4 Å². The van der Waals surface area contributed by atoms with E-state index in [9.17, 15) is 0 Å². The molecule has 0 aliphatic rings. The number of pyridine rings is 1. The SMILES string of the molecule is Clc1cc(NN=C(c2ccccc2)c2ccccc2)c2ncccc2c1. The van der Waals surface area contributed by atoms with Gasteiger partial charge in [0, 0.05) is 27.7 Å². The fraction of sp³-hybridized carbons (Fsp3) is 0. The van der Waals surface area contributed by atoms with Crippen LogP contribution in [0.4, 0.5) is 5.69 Å². The second-order valence-corrected chi connectivity index (χ2v) is 6.27. The number of nitrogens with zero attached hydrogens (tertiary/aromatic N) is 2. The lowest BCUT2D eigenvalue weighted by Gasteiger charge is -2.10. The maximum atomic E-state index is 6.26. The molecular formula is C22H16ClN3. The van der Waals surface area contributed by atoms with Crippen LogP contribution < -0.4 is 5.43 Å². The van der Waals surface area contributed by atoms with Crippen LogP contribution in [0.15, 0.2) is 96.2 Å². The highest BCUT2D eigenvalue weighted by Crippen LogP contribution is 2.26. The Bertz CT molecular complexity index is 1020. The molecule has 1 heterocycles. The number of nitrogens with one attached hydrogen (secondary N) is 1. The number of fused-ring (bicyclic) bond motifs is 1. The lowest BCUT2D eigenvalue weighted by Crippen LogP contribution is -2.06. The van der Waals surface area contributed by atoms with Crippen molar-refractivity contribution in [2.75, 3.05) is 5.43 Å². The van der Waals surface area contributed by atoms with E-state index in [4.69, 9.17) is 16.7 Å². The molecule has 4 aromatic rings. The third-order valence-electron chi connectivity index (χ3n) is 4.05. The molecule has 0 amide bonds. The molecule has 0 aliphatic heterocycles. The van der Waals surface area contributed by atoms with Crippen molar-refractivity contribution in [3.8, 4) is 0 Å². The van der Waals surface area contributed by atoms with E-state index >= 15 is 0 Å². The van der Waals surface area contributed by atoms with Crippen molar-refractivity contribution in [3.63, 3.8) is 0 Å². The minimum Gasteiger partial charge on any atom is -0.276 e. The van der Waals surface area contributed by atoms with Crippen molar-refractivity contribution < 1.29 is 0 Å². The minimum atomic E-state index is 0.643. The first-order valence-electron chi connectivity index (χ1n) is 8.30. The molecule has 3 nitrogen and oxygen atoms in total. The number of aromatic nitrogens is 1. The zero-order chi connectivity index (χ0) is 17.8. The summed E-state index contributed by atoms with van der Waals surface area (Å²) in [5, 5.41) is 6.31. The molecule has 4 rings (SSSR count). The summed E-state index contributed by atoms with van der Waals surface area (Å²) in [6, 6.07) is 27.8. The number of hydrazone groups is 1. The summed E-state index contributed by atoms with van der Waals surface area (Å²) in [5.74, 6) is 0. The third kappa shape index (κ3) is 3.44. The second-order valence-electron chi connectivity index (χ2n) is 5.83. The van der Waals surface area contributed by atoms with Crippen molar-refractivity contribution in [1.29, 1.82) is 0 Å². The maximum absolute atomic E-state index is 6.26. The van der Waals surface area contributed by atoms with Gasteiger partial charge in [-0.2, -0.15) is 5.10 Å². The highest BCUT2D eigenvalue weighted by atomic mass is 35.5. The molecule has 26 heavy (non-hydrogen) atoms. The van der Waals surface area contributed by atoms with E-state index in [1.165, 1.54) is 0 Å². The van der Waals surface area contributed by atoms with Gasteiger partial charge in [0.25, 0.3) is 0 Å². The molecule has 0 atom stereocenters. The Labute approximate surface area is 157 Å². The van der Waals surface area contributed by atoms with E-state index in [0.29, 0.717) is 5.02 Å². The normalized spacial score (nSPS) is 10.5. The largest absolute Gasteiger partial charge is 0.276 e. The molecule has 0 spiro atoms. The number of hydrogen-bond donors (Lipinski definition) is 1. The summed E-state index contributed by atoms with van der Waals surface area (Å²) in [6.45, 7) is 0. The van der Waals surface area contributed by atoms with Gasteiger partial charge in [0.2, 0.25) is 0 Å². The van der Waals surface area contributed by atoms with Crippen LogP contribution >= 0.6 is 11.6 Å². The summed E-state index contributed by atoms with van der Waals surface area (Å²) in [4.78, 5) is 4.46. The first-order chi connectivity index (χ1) is 12.8. The van der Waals surface area contributed by atoms with Gasteiger partial charge in [-0.25, -0.2) is 0 Å². The molecule has 4 heteroatoms.